The summed E-state index contributed by atoms with van der Waals surface area (Å²) in [6.45, 7) is 5.80. The number of hydrogen-bond acceptors (Lipinski definition) is 5. The van der Waals surface area contributed by atoms with Crippen molar-refractivity contribution in [1.82, 2.24) is 19.5 Å². The van der Waals surface area contributed by atoms with E-state index in [1.165, 1.54) is 0 Å². The van der Waals surface area contributed by atoms with Crippen molar-refractivity contribution in [2.75, 3.05) is 5.73 Å². The number of fused-ring (bicyclic) bond motifs is 1. The molecule has 0 aromatic carbocycles. The van der Waals surface area contributed by atoms with Gasteiger partial charge in [0.05, 0.1) is 6.20 Å². The molecule has 0 aliphatic carbocycles. The van der Waals surface area contributed by atoms with Crippen molar-refractivity contribution in [1.29, 1.82) is 0 Å². The van der Waals surface area contributed by atoms with Crippen LogP contribution in [0.3, 0.4) is 0 Å². The number of rotatable bonds is 2. The molecule has 0 saturated heterocycles. The Hall–Kier alpha value is -2.37. The van der Waals surface area contributed by atoms with Crippen LogP contribution in [0, 0.1) is 13.8 Å². The highest BCUT2D eigenvalue weighted by Crippen LogP contribution is 2.26. The number of nitrogen functional groups attached to an aromatic ring is 1. The Labute approximate surface area is 110 Å². The van der Waals surface area contributed by atoms with Gasteiger partial charge >= 0.3 is 0 Å². The molecule has 6 nitrogen and oxygen atoms in total. The lowest BCUT2D eigenvalue weighted by molar-refractivity contribution is 0.420. The van der Waals surface area contributed by atoms with Gasteiger partial charge in [0.15, 0.2) is 5.65 Å². The molecule has 0 spiro atoms. The molecule has 0 saturated carbocycles. The zero-order valence-electron chi connectivity index (χ0n) is 11.1. The summed E-state index contributed by atoms with van der Waals surface area (Å²) < 4.78 is 7.39. The van der Waals surface area contributed by atoms with E-state index in [1.807, 2.05) is 31.4 Å². The molecular formula is C13H15N5O. The van der Waals surface area contributed by atoms with Crippen molar-refractivity contribution >= 4 is 17.1 Å². The number of imidazole rings is 1. The first-order chi connectivity index (χ1) is 9.06. The Balaban J connectivity index is 2.16. The first kappa shape index (κ1) is 11.7. The molecule has 1 atom stereocenters. The number of oxazole rings is 1. The maximum atomic E-state index is 5.99. The third-order valence-corrected chi connectivity index (χ3v) is 3.08. The van der Waals surface area contributed by atoms with E-state index >= 15 is 0 Å². The fourth-order valence-corrected chi connectivity index (χ4v) is 2.16. The lowest BCUT2D eigenvalue weighted by Gasteiger charge is -2.11. The maximum absolute atomic E-state index is 5.99. The number of aryl methyl sites for hydroxylation is 2. The molecule has 3 aromatic rings. The fourth-order valence-electron chi connectivity index (χ4n) is 2.16. The van der Waals surface area contributed by atoms with Crippen LogP contribution in [0.4, 0.5) is 5.95 Å². The summed E-state index contributed by atoms with van der Waals surface area (Å²) in [7, 11) is 0. The summed E-state index contributed by atoms with van der Waals surface area (Å²) in [5, 5.41) is 0. The zero-order chi connectivity index (χ0) is 13.6. The third-order valence-electron chi connectivity index (χ3n) is 3.08. The molecule has 2 N–H and O–H groups in total. The van der Waals surface area contributed by atoms with E-state index in [1.54, 1.807) is 12.4 Å². The summed E-state index contributed by atoms with van der Waals surface area (Å²) in [5.74, 6) is 1.79. The van der Waals surface area contributed by atoms with Gasteiger partial charge < -0.3 is 10.2 Å². The number of nitrogens with two attached hydrogens (primary N) is 1. The average molecular weight is 257 g/mol. The Morgan fingerprint density at radius 3 is 2.74 bits per heavy atom. The van der Waals surface area contributed by atoms with Gasteiger partial charge in [-0.25, -0.2) is 15.0 Å². The van der Waals surface area contributed by atoms with E-state index in [2.05, 4.69) is 15.0 Å². The van der Waals surface area contributed by atoms with Gasteiger partial charge in [0.25, 0.3) is 0 Å². The number of nitrogens with zero attached hydrogens (tertiary/aromatic N) is 4. The molecule has 0 bridgehead atoms. The lowest BCUT2D eigenvalue weighted by Crippen LogP contribution is -2.11. The first-order valence-corrected chi connectivity index (χ1v) is 6.08. The Morgan fingerprint density at radius 1 is 1.26 bits per heavy atom. The van der Waals surface area contributed by atoms with Crippen LogP contribution in [0.5, 0.6) is 0 Å². The van der Waals surface area contributed by atoms with E-state index < -0.39 is 0 Å². The molecule has 1 unspecified atom stereocenters. The SMILES string of the molecule is Cc1cnc2c(c1)nc(N)n2C(C)c1ncc(C)o1. The summed E-state index contributed by atoms with van der Waals surface area (Å²) >= 11 is 0. The maximum Gasteiger partial charge on any atom is 0.217 e. The molecule has 3 rings (SSSR count). The second-order valence-electron chi connectivity index (χ2n) is 4.68. The second kappa shape index (κ2) is 4.08. The molecule has 3 heterocycles. The second-order valence-corrected chi connectivity index (χ2v) is 4.68. The molecular weight excluding hydrogens is 242 g/mol. The minimum absolute atomic E-state index is 0.145. The van der Waals surface area contributed by atoms with Gasteiger partial charge in [0.1, 0.15) is 17.3 Å². The lowest BCUT2D eigenvalue weighted by atomic mass is 10.3. The van der Waals surface area contributed by atoms with E-state index in [0.29, 0.717) is 11.8 Å². The normalized spacial score (nSPS) is 13.0. The van der Waals surface area contributed by atoms with Gasteiger partial charge in [0, 0.05) is 6.20 Å². The van der Waals surface area contributed by atoms with Crippen molar-refractivity contribution < 1.29 is 4.42 Å². The van der Waals surface area contributed by atoms with Gasteiger partial charge in [-0.1, -0.05) is 0 Å². The van der Waals surface area contributed by atoms with E-state index in [9.17, 15) is 0 Å². The summed E-state index contributed by atoms with van der Waals surface area (Å²) in [6, 6.07) is 1.82. The highest BCUT2D eigenvalue weighted by atomic mass is 16.4. The van der Waals surface area contributed by atoms with Crippen molar-refractivity contribution in [2.45, 2.75) is 26.8 Å². The molecule has 3 aromatic heterocycles. The topological polar surface area (TPSA) is 82.8 Å². The van der Waals surface area contributed by atoms with Crippen molar-refractivity contribution in [3.8, 4) is 0 Å². The monoisotopic (exact) mass is 257 g/mol. The first-order valence-electron chi connectivity index (χ1n) is 6.08. The van der Waals surface area contributed by atoms with Gasteiger partial charge in [-0.15, -0.1) is 0 Å². The number of aromatic nitrogens is 4. The summed E-state index contributed by atoms with van der Waals surface area (Å²) in [6.07, 6.45) is 3.49. The number of pyridine rings is 1. The Morgan fingerprint density at radius 2 is 2.05 bits per heavy atom. The predicted octanol–water partition coefficient (Wildman–Crippen LogP) is 2.23. The average Bonchev–Trinajstić information content (AvgIpc) is 2.91. The molecule has 0 aliphatic rings. The Kier molecular flexibility index (Phi) is 2.51. The van der Waals surface area contributed by atoms with Gasteiger partial charge in [0.2, 0.25) is 11.8 Å². The minimum Gasteiger partial charge on any atom is -0.444 e. The van der Waals surface area contributed by atoms with Crippen LogP contribution in [0.25, 0.3) is 11.2 Å². The van der Waals surface area contributed by atoms with Crippen LogP contribution in [0.2, 0.25) is 0 Å². The molecule has 0 amide bonds. The molecule has 0 fully saturated rings. The highest BCUT2D eigenvalue weighted by Gasteiger charge is 2.20. The highest BCUT2D eigenvalue weighted by molar-refractivity contribution is 5.75. The molecule has 0 radical (unpaired) electrons. The van der Waals surface area contributed by atoms with Crippen LogP contribution in [-0.2, 0) is 0 Å². The number of hydrogen-bond donors (Lipinski definition) is 1. The zero-order valence-corrected chi connectivity index (χ0v) is 11.1. The molecule has 0 aliphatic heterocycles. The largest absolute Gasteiger partial charge is 0.444 e. The Bertz CT molecular complexity index is 743. The van der Waals surface area contributed by atoms with Crippen molar-refractivity contribution in [3.05, 3.63) is 35.7 Å². The van der Waals surface area contributed by atoms with Crippen LogP contribution in [-0.4, -0.2) is 19.5 Å². The summed E-state index contributed by atoms with van der Waals surface area (Å²) in [5.41, 5.74) is 8.57. The summed E-state index contributed by atoms with van der Waals surface area (Å²) in [4.78, 5) is 13.0. The quantitative estimate of drug-likeness (QED) is 0.761. The predicted molar refractivity (Wildman–Crippen MR) is 71.7 cm³/mol. The third kappa shape index (κ3) is 1.85. The fraction of sp³-hybridized carbons (Fsp3) is 0.308. The van der Waals surface area contributed by atoms with Gasteiger partial charge in [-0.05, 0) is 32.4 Å². The smallest absolute Gasteiger partial charge is 0.217 e. The van der Waals surface area contributed by atoms with E-state index in [-0.39, 0.29) is 6.04 Å². The van der Waals surface area contributed by atoms with Crippen molar-refractivity contribution in [2.24, 2.45) is 0 Å². The van der Waals surface area contributed by atoms with E-state index in [0.717, 1.165) is 22.5 Å². The molecule has 19 heavy (non-hydrogen) atoms. The van der Waals surface area contributed by atoms with Crippen LogP contribution in [0.1, 0.15) is 30.2 Å². The molecule has 6 heteroatoms. The van der Waals surface area contributed by atoms with Crippen molar-refractivity contribution in [3.63, 3.8) is 0 Å². The van der Waals surface area contributed by atoms with Gasteiger partial charge in [-0.2, -0.15) is 0 Å². The van der Waals surface area contributed by atoms with Gasteiger partial charge in [-0.3, -0.25) is 4.57 Å². The van der Waals surface area contributed by atoms with Crippen LogP contribution in [0.15, 0.2) is 22.9 Å². The van der Waals surface area contributed by atoms with Crippen LogP contribution < -0.4 is 5.73 Å². The minimum atomic E-state index is -0.145. The number of anilines is 1. The standard InChI is InChI=1S/C13H15N5O/c1-7-4-10-11(15-5-7)18(13(14)17-10)9(3)12-16-6-8(2)19-12/h4-6,9H,1-3H3,(H2,14,17). The van der Waals surface area contributed by atoms with E-state index in [4.69, 9.17) is 10.2 Å². The van der Waals surface area contributed by atoms with Crippen LogP contribution >= 0.6 is 0 Å². The molecule has 98 valence electrons.